The van der Waals surface area contributed by atoms with Crippen LogP contribution in [0.4, 0.5) is 10.8 Å². The van der Waals surface area contributed by atoms with E-state index in [1.165, 1.54) is 11.5 Å². The minimum Gasteiger partial charge on any atom is -0.484 e. The zero-order chi connectivity index (χ0) is 14.0. The van der Waals surface area contributed by atoms with Crippen molar-refractivity contribution < 1.29 is 9.53 Å². The van der Waals surface area contributed by atoms with Crippen LogP contribution in [0.3, 0.4) is 0 Å². The maximum atomic E-state index is 11.9. The Labute approximate surface area is 117 Å². The summed E-state index contributed by atoms with van der Waals surface area (Å²) in [6.45, 7) is 5.84. The van der Waals surface area contributed by atoms with E-state index in [2.05, 4.69) is 4.37 Å². The first-order chi connectivity index (χ1) is 8.99. The number of anilines is 2. The summed E-state index contributed by atoms with van der Waals surface area (Å²) in [6, 6.07) is 0. The average Bonchev–Trinajstić information content (AvgIpc) is 2.59. The van der Waals surface area contributed by atoms with Crippen LogP contribution in [-0.2, 0) is 4.79 Å². The Morgan fingerprint density at radius 3 is 2.84 bits per heavy atom. The van der Waals surface area contributed by atoms with E-state index in [-0.39, 0.29) is 12.0 Å². The van der Waals surface area contributed by atoms with E-state index in [1.54, 1.807) is 4.90 Å². The molecule has 2 N–H and O–H groups in total. The highest BCUT2D eigenvalue weighted by Crippen LogP contribution is 2.39. The molecule has 0 bridgehead atoms. The molecule has 0 atom stereocenters. The second-order valence-electron chi connectivity index (χ2n) is 4.96. The van der Waals surface area contributed by atoms with E-state index >= 15 is 0 Å². The van der Waals surface area contributed by atoms with Crippen molar-refractivity contribution in [2.75, 3.05) is 37.3 Å². The molecule has 2 rings (SSSR count). The van der Waals surface area contributed by atoms with Gasteiger partial charge in [-0.05, 0) is 31.8 Å². The summed E-state index contributed by atoms with van der Waals surface area (Å²) in [7, 11) is 1.83. The Morgan fingerprint density at radius 1 is 1.42 bits per heavy atom. The number of aromatic nitrogens is 1. The van der Waals surface area contributed by atoms with Crippen molar-refractivity contribution in [2.45, 2.75) is 26.4 Å². The Kier molecular flexibility index (Phi) is 4.14. The monoisotopic (exact) mass is 284 g/mol. The number of rotatable bonds is 3. The number of nitrogens with two attached hydrogens (primary N) is 1. The van der Waals surface area contributed by atoms with Crippen LogP contribution in [0, 0.1) is 0 Å². The molecule has 2 heterocycles. The minimum absolute atomic E-state index is 0.0304. The molecule has 6 nitrogen and oxygen atoms in total. The zero-order valence-electron chi connectivity index (χ0n) is 11.5. The van der Waals surface area contributed by atoms with Gasteiger partial charge in [-0.15, -0.1) is 0 Å². The van der Waals surface area contributed by atoms with Gasteiger partial charge in [0.25, 0.3) is 0 Å². The summed E-state index contributed by atoms with van der Waals surface area (Å²) in [5.74, 6) is 1.12. The molecule has 1 aliphatic heterocycles. The van der Waals surface area contributed by atoms with E-state index < -0.39 is 0 Å². The van der Waals surface area contributed by atoms with Crippen molar-refractivity contribution in [1.82, 2.24) is 9.27 Å². The van der Waals surface area contributed by atoms with E-state index in [4.69, 9.17) is 10.5 Å². The summed E-state index contributed by atoms with van der Waals surface area (Å²) in [4.78, 5) is 15.7. The second-order valence-corrected chi connectivity index (χ2v) is 5.71. The SMILES string of the molecule is CC(C)Oc1c(N)nsc1N1CCCN(C)C(=O)C1. The molecule has 106 valence electrons. The van der Waals surface area contributed by atoms with Crippen LogP contribution >= 0.6 is 11.5 Å². The van der Waals surface area contributed by atoms with Gasteiger partial charge < -0.3 is 20.3 Å². The molecule has 1 aromatic rings. The second kappa shape index (κ2) is 5.64. The minimum atomic E-state index is 0.0304. The third-order valence-corrected chi connectivity index (χ3v) is 3.88. The van der Waals surface area contributed by atoms with Gasteiger partial charge in [-0.2, -0.15) is 4.37 Å². The van der Waals surface area contributed by atoms with Gasteiger partial charge in [0.2, 0.25) is 5.91 Å². The first-order valence-corrected chi connectivity index (χ1v) is 7.17. The molecule has 1 aliphatic rings. The predicted molar refractivity (Wildman–Crippen MR) is 76.8 cm³/mol. The number of ether oxygens (including phenoxy) is 1. The molecule has 1 saturated heterocycles. The standard InChI is InChI=1S/C12H20N4O2S/c1-8(2)18-10-11(13)14-19-12(10)16-6-4-5-15(3)9(17)7-16/h8H,4-7H2,1-3H3,(H2,13,14). The van der Waals surface area contributed by atoms with E-state index in [0.717, 1.165) is 24.5 Å². The maximum absolute atomic E-state index is 11.9. The molecule has 0 aromatic carbocycles. The summed E-state index contributed by atoms with van der Waals surface area (Å²) in [5, 5.41) is 0.856. The first kappa shape index (κ1) is 13.9. The van der Waals surface area contributed by atoms with E-state index in [1.807, 2.05) is 25.8 Å². The number of nitrogens with zero attached hydrogens (tertiary/aromatic N) is 3. The average molecular weight is 284 g/mol. The lowest BCUT2D eigenvalue weighted by molar-refractivity contribution is -0.127. The number of likely N-dealkylation sites (N-methyl/N-ethyl adjacent to an activating group) is 1. The van der Waals surface area contributed by atoms with Gasteiger partial charge >= 0.3 is 0 Å². The molecular weight excluding hydrogens is 264 g/mol. The normalized spacial score (nSPS) is 16.9. The van der Waals surface area contributed by atoms with Gasteiger partial charge in [-0.1, -0.05) is 0 Å². The fourth-order valence-electron chi connectivity index (χ4n) is 1.99. The zero-order valence-corrected chi connectivity index (χ0v) is 12.4. The molecule has 1 aromatic heterocycles. The maximum Gasteiger partial charge on any atom is 0.241 e. The molecule has 7 heteroatoms. The topological polar surface area (TPSA) is 71.7 Å². The number of nitrogen functional groups attached to an aromatic ring is 1. The van der Waals surface area contributed by atoms with Crippen molar-refractivity contribution >= 4 is 28.3 Å². The molecule has 1 amide bonds. The van der Waals surface area contributed by atoms with Gasteiger partial charge in [0.15, 0.2) is 16.6 Å². The van der Waals surface area contributed by atoms with Crippen LogP contribution in [0.15, 0.2) is 0 Å². The third kappa shape index (κ3) is 3.09. The molecule has 0 unspecified atom stereocenters. The molecule has 0 radical (unpaired) electrons. The largest absolute Gasteiger partial charge is 0.484 e. The number of carbonyl (C=O) groups is 1. The molecule has 1 fully saturated rings. The van der Waals surface area contributed by atoms with Crippen molar-refractivity contribution in [1.29, 1.82) is 0 Å². The first-order valence-electron chi connectivity index (χ1n) is 6.39. The highest BCUT2D eigenvalue weighted by atomic mass is 32.1. The lowest BCUT2D eigenvalue weighted by Gasteiger charge is -2.21. The van der Waals surface area contributed by atoms with Gasteiger partial charge in [-0.25, -0.2) is 0 Å². The van der Waals surface area contributed by atoms with Gasteiger partial charge in [0.1, 0.15) is 0 Å². The van der Waals surface area contributed by atoms with Gasteiger partial charge in [0.05, 0.1) is 12.6 Å². The van der Waals surface area contributed by atoms with E-state index in [9.17, 15) is 4.79 Å². The van der Waals surface area contributed by atoms with Crippen LogP contribution in [-0.4, -0.2) is 48.0 Å². The van der Waals surface area contributed by atoms with E-state index in [0.29, 0.717) is 18.1 Å². The molecule has 0 spiro atoms. The highest BCUT2D eigenvalue weighted by molar-refractivity contribution is 7.11. The molecular formula is C12H20N4O2S. The highest BCUT2D eigenvalue weighted by Gasteiger charge is 2.25. The molecule has 0 aliphatic carbocycles. The number of hydrogen-bond donors (Lipinski definition) is 1. The fourth-order valence-corrected chi connectivity index (χ4v) is 2.77. The molecule has 19 heavy (non-hydrogen) atoms. The smallest absolute Gasteiger partial charge is 0.241 e. The quantitative estimate of drug-likeness (QED) is 0.902. The molecule has 0 saturated carbocycles. The Bertz CT molecular complexity index is 461. The van der Waals surface area contributed by atoms with Crippen LogP contribution in [0.25, 0.3) is 0 Å². The fraction of sp³-hybridized carbons (Fsp3) is 0.667. The summed E-state index contributed by atoms with van der Waals surface area (Å²) < 4.78 is 9.88. The lowest BCUT2D eigenvalue weighted by atomic mass is 10.4. The summed E-state index contributed by atoms with van der Waals surface area (Å²) in [5.41, 5.74) is 5.85. The van der Waals surface area contributed by atoms with Gasteiger partial charge in [-0.3, -0.25) is 4.79 Å². The summed E-state index contributed by atoms with van der Waals surface area (Å²) in [6.07, 6.45) is 0.962. The third-order valence-electron chi connectivity index (χ3n) is 2.97. The number of amides is 1. The van der Waals surface area contributed by atoms with Gasteiger partial charge in [0, 0.05) is 20.1 Å². The Morgan fingerprint density at radius 2 is 2.16 bits per heavy atom. The Balaban J connectivity index is 2.23. The van der Waals surface area contributed by atoms with Crippen molar-refractivity contribution in [3.8, 4) is 5.75 Å². The van der Waals surface area contributed by atoms with Crippen LogP contribution in [0.2, 0.25) is 0 Å². The van der Waals surface area contributed by atoms with Crippen LogP contribution in [0.1, 0.15) is 20.3 Å². The van der Waals surface area contributed by atoms with Crippen molar-refractivity contribution in [2.24, 2.45) is 0 Å². The van der Waals surface area contributed by atoms with Crippen molar-refractivity contribution in [3.63, 3.8) is 0 Å². The predicted octanol–water partition coefficient (Wildman–Crippen LogP) is 1.18. The van der Waals surface area contributed by atoms with Crippen molar-refractivity contribution in [3.05, 3.63) is 0 Å². The number of hydrogen-bond acceptors (Lipinski definition) is 6. The van der Waals surface area contributed by atoms with Crippen LogP contribution < -0.4 is 15.4 Å². The Hall–Kier alpha value is -1.50. The van der Waals surface area contributed by atoms with Crippen LogP contribution in [0.5, 0.6) is 5.75 Å². The number of carbonyl (C=O) groups excluding carboxylic acids is 1. The lowest BCUT2D eigenvalue weighted by Crippen LogP contribution is -2.34. The summed E-state index contributed by atoms with van der Waals surface area (Å²) >= 11 is 1.29.